The van der Waals surface area contributed by atoms with Crippen LogP contribution in [-0.2, 0) is 11.3 Å². The average Bonchev–Trinajstić information content (AvgIpc) is 2.48. The first-order valence-corrected chi connectivity index (χ1v) is 7.87. The number of pyridine rings is 1. The number of hydrogen-bond donors (Lipinski definition) is 2. The maximum absolute atomic E-state index is 12.0. The van der Waals surface area contributed by atoms with Gasteiger partial charge in [-0.15, -0.1) is 6.58 Å². The number of amides is 1. The van der Waals surface area contributed by atoms with Crippen molar-refractivity contribution < 1.29 is 9.78 Å². The van der Waals surface area contributed by atoms with Crippen LogP contribution in [0.5, 0.6) is 0 Å². The fourth-order valence-electron chi connectivity index (χ4n) is 1.89. The Labute approximate surface area is 137 Å². The van der Waals surface area contributed by atoms with Crippen LogP contribution in [0, 0.1) is 6.92 Å². The Balaban J connectivity index is 2.07. The van der Waals surface area contributed by atoms with Gasteiger partial charge >= 0.3 is 5.91 Å². The Hall–Kier alpha value is -2.61. The van der Waals surface area contributed by atoms with Crippen LogP contribution in [-0.4, -0.2) is 21.2 Å². The lowest BCUT2D eigenvalue weighted by Crippen LogP contribution is -2.22. The molecule has 0 aliphatic carbocycles. The molecule has 8 heteroatoms. The quantitative estimate of drug-likeness (QED) is 0.464. The zero-order valence-corrected chi connectivity index (χ0v) is 13.5. The number of hydrogen-bond acceptors (Lipinski definition) is 5. The summed E-state index contributed by atoms with van der Waals surface area (Å²) in [6.45, 7) is 5.99. The third-order valence-corrected chi connectivity index (χ3v) is 3.87. The van der Waals surface area contributed by atoms with Gasteiger partial charge in [-0.05, 0) is 18.6 Å². The van der Waals surface area contributed by atoms with Gasteiger partial charge in [-0.3, -0.25) is 4.79 Å². The van der Waals surface area contributed by atoms with Crippen molar-refractivity contribution in [2.24, 2.45) is 0 Å². The molecular formula is C15H18N5O2S+. The van der Waals surface area contributed by atoms with Gasteiger partial charge in [-0.1, -0.05) is 17.8 Å². The number of aryl methyl sites for hydroxylation is 1. The fraction of sp³-hybridized carbons (Fsp3) is 0.200. The summed E-state index contributed by atoms with van der Waals surface area (Å²) >= 11 is 1.15. The highest BCUT2D eigenvalue weighted by atomic mass is 32.2. The molecule has 120 valence electrons. The summed E-state index contributed by atoms with van der Waals surface area (Å²) < 4.78 is 1.63. The molecule has 23 heavy (non-hydrogen) atoms. The molecule has 0 fully saturated rings. The van der Waals surface area contributed by atoms with E-state index in [1.165, 1.54) is 6.07 Å². The average molecular weight is 332 g/mol. The van der Waals surface area contributed by atoms with E-state index in [1.54, 1.807) is 16.8 Å². The lowest BCUT2D eigenvalue weighted by Gasteiger charge is -2.11. The van der Waals surface area contributed by atoms with Crippen LogP contribution in [0.25, 0.3) is 0 Å². The number of nitrogens with one attached hydrogen (secondary N) is 2. The highest BCUT2D eigenvalue weighted by molar-refractivity contribution is 7.99. The second kappa shape index (κ2) is 7.59. The number of H-pyrrole nitrogens is 1. The van der Waals surface area contributed by atoms with E-state index in [-0.39, 0.29) is 11.7 Å². The van der Waals surface area contributed by atoms with Crippen LogP contribution in [0.15, 0.2) is 47.0 Å². The molecule has 4 N–H and O–H groups in total. The summed E-state index contributed by atoms with van der Waals surface area (Å²) in [5.41, 5.74) is 6.41. The SMILES string of the molecule is C=CCn1c(N)cc(=O)nc1SCC(=O)Nc1cc(C)cc[nH+]1. The Morgan fingerprint density at radius 3 is 3.04 bits per heavy atom. The molecule has 1 amide bonds. The van der Waals surface area contributed by atoms with Crippen LogP contribution >= 0.6 is 11.8 Å². The van der Waals surface area contributed by atoms with Crippen LogP contribution in [0.4, 0.5) is 11.6 Å². The molecule has 0 aliphatic heterocycles. The number of nitrogens with two attached hydrogens (primary N) is 1. The predicted molar refractivity (Wildman–Crippen MR) is 90.2 cm³/mol. The third-order valence-electron chi connectivity index (χ3n) is 2.89. The highest BCUT2D eigenvalue weighted by Crippen LogP contribution is 2.17. The minimum atomic E-state index is -0.433. The van der Waals surface area contributed by atoms with Gasteiger partial charge in [0.05, 0.1) is 6.20 Å². The molecule has 7 nitrogen and oxygen atoms in total. The van der Waals surface area contributed by atoms with Crippen LogP contribution in [0.1, 0.15) is 5.56 Å². The van der Waals surface area contributed by atoms with Crippen molar-refractivity contribution in [2.75, 3.05) is 16.8 Å². The Morgan fingerprint density at radius 1 is 1.57 bits per heavy atom. The number of carbonyl (C=O) groups excluding carboxylic acids is 1. The van der Waals surface area contributed by atoms with Gasteiger partial charge in [-0.25, -0.2) is 15.1 Å². The van der Waals surface area contributed by atoms with Crippen molar-refractivity contribution in [2.45, 2.75) is 18.6 Å². The topological polar surface area (TPSA) is 104 Å². The second-order valence-electron chi connectivity index (χ2n) is 4.82. The van der Waals surface area contributed by atoms with Gasteiger partial charge in [0.25, 0.3) is 11.4 Å². The van der Waals surface area contributed by atoms with E-state index < -0.39 is 5.56 Å². The number of allylic oxidation sites excluding steroid dienone is 1. The summed E-state index contributed by atoms with van der Waals surface area (Å²) in [5, 5.41) is 3.14. The minimum absolute atomic E-state index is 0.106. The standard InChI is InChI=1S/C15H17N5O2S/c1-3-6-20-11(16)8-13(21)19-15(20)23-9-14(22)18-12-7-10(2)4-5-17-12/h3-5,7-8H,1,6,9,16H2,2H3,(H,17,18,22)/p+1. The van der Waals surface area contributed by atoms with Gasteiger partial charge in [0, 0.05) is 18.7 Å². The molecule has 0 aromatic carbocycles. The van der Waals surface area contributed by atoms with Gasteiger partial charge in [0.2, 0.25) is 0 Å². The summed E-state index contributed by atoms with van der Waals surface area (Å²) in [6, 6.07) is 4.97. The summed E-state index contributed by atoms with van der Waals surface area (Å²) in [4.78, 5) is 30.4. The molecule has 0 bridgehead atoms. The van der Waals surface area contributed by atoms with Gasteiger partial charge in [0.1, 0.15) is 11.6 Å². The first kappa shape index (κ1) is 16.8. The molecule has 0 unspecified atom stereocenters. The summed E-state index contributed by atoms with van der Waals surface area (Å²) in [6.07, 6.45) is 3.40. The van der Waals surface area contributed by atoms with E-state index in [9.17, 15) is 9.59 Å². The predicted octanol–water partition coefficient (Wildman–Crippen LogP) is 0.865. The van der Waals surface area contributed by atoms with Crippen molar-refractivity contribution in [1.29, 1.82) is 0 Å². The first-order valence-electron chi connectivity index (χ1n) is 6.89. The van der Waals surface area contributed by atoms with Gasteiger partial charge in [0.15, 0.2) is 5.16 Å². The van der Waals surface area contributed by atoms with Crippen molar-refractivity contribution >= 4 is 29.3 Å². The molecule has 2 heterocycles. The normalized spacial score (nSPS) is 10.3. The zero-order valence-electron chi connectivity index (χ0n) is 12.7. The molecule has 2 aromatic rings. The zero-order chi connectivity index (χ0) is 16.8. The number of aromatic nitrogens is 3. The smallest absolute Gasteiger partial charge is 0.317 e. The number of aromatic amines is 1. The van der Waals surface area contributed by atoms with E-state index in [0.29, 0.717) is 23.3 Å². The molecule has 0 saturated heterocycles. The lowest BCUT2D eigenvalue weighted by molar-refractivity contribution is -0.360. The molecule has 0 radical (unpaired) electrons. The monoisotopic (exact) mass is 332 g/mol. The maximum Gasteiger partial charge on any atom is 0.317 e. The van der Waals surface area contributed by atoms with Gasteiger partial charge in [-0.2, -0.15) is 4.98 Å². The van der Waals surface area contributed by atoms with E-state index in [2.05, 4.69) is 21.9 Å². The Kier molecular flexibility index (Phi) is 5.53. The van der Waals surface area contributed by atoms with Gasteiger partial charge < -0.3 is 10.3 Å². The largest absolute Gasteiger partial charge is 0.385 e. The molecule has 0 aliphatic rings. The van der Waals surface area contributed by atoms with E-state index in [0.717, 1.165) is 17.3 Å². The molecule has 0 atom stereocenters. The molecule has 0 spiro atoms. The number of carbonyl (C=O) groups is 1. The fourth-order valence-corrected chi connectivity index (χ4v) is 2.72. The molecule has 2 aromatic heterocycles. The Bertz CT molecular complexity index is 788. The Morgan fingerprint density at radius 2 is 2.35 bits per heavy atom. The van der Waals surface area contributed by atoms with E-state index in [1.807, 2.05) is 19.1 Å². The first-order chi connectivity index (χ1) is 11.0. The number of thioether (sulfide) groups is 1. The maximum atomic E-state index is 12.0. The number of nitrogens with zero attached hydrogens (tertiary/aromatic N) is 2. The van der Waals surface area contributed by atoms with Crippen molar-refractivity contribution in [3.05, 3.63) is 53.0 Å². The van der Waals surface area contributed by atoms with Crippen molar-refractivity contribution in [1.82, 2.24) is 9.55 Å². The molecule has 0 saturated carbocycles. The van der Waals surface area contributed by atoms with Crippen LogP contribution in [0.3, 0.4) is 0 Å². The number of anilines is 2. The molecule has 2 rings (SSSR count). The van der Waals surface area contributed by atoms with E-state index >= 15 is 0 Å². The van der Waals surface area contributed by atoms with E-state index in [4.69, 9.17) is 5.73 Å². The molecular weight excluding hydrogens is 314 g/mol. The number of nitrogen functional groups attached to an aromatic ring is 1. The summed E-state index contributed by atoms with van der Waals surface area (Å²) in [5.74, 6) is 0.799. The van der Waals surface area contributed by atoms with Crippen LogP contribution < -0.4 is 21.6 Å². The minimum Gasteiger partial charge on any atom is -0.385 e. The van der Waals surface area contributed by atoms with Crippen molar-refractivity contribution in [3.63, 3.8) is 0 Å². The van der Waals surface area contributed by atoms with Crippen LogP contribution in [0.2, 0.25) is 0 Å². The highest BCUT2D eigenvalue weighted by Gasteiger charge is 2.14. The van der Waals surface area contributed by atoms with Crippen molar-refractivity contribution in [3.8, 4) is 0 Å². The number of rotatable bonds is 6. The lowest BCUT2D eigenvalue weighted by atomic mass is 10.3. The second-order valence-corrected chi connectivity index (χ2v) is 5.76. The third kappa shape index (κ3) is 4.68. The summed E-state index contributed by atoms with van der Waals surface area (Å²) in [7, 11) is 0.